The van der Waals surface area contributed by atoms with Crippen molar-refractivity contribution in [3.63, 3.8) is 0 Å². The first-order valence-corrected chi connectivity index (χ1v) is 6.48. The zero-order valence-electron chi connectivity index (χ0n) is 10.8. The molecule has 94 valence electrons. The number of carboxylic acid groups (broad SMARTS) is 1. The predicted octanol–water partition coefficient (Wildman–Crippen LogP) is 2.75. The second-order valence-corrected chi connectivity index (χ2v) is 5.25. The average molecular weight is 227 g/mol. The summed E-state index contributed by atoms with van der Waals surface area (Å²) in [6.45, 7) is 4.38. The van der Waals surface area contributed by atoms with Gasteiger partial charge in [0.25, 0.3) is 0 Å². The highest BCUT2D eigenvalue weighted by molar-refractivity contribution is 5.67. The van der Waals surface area contributed by atoms with Crippen LogP contribution in [0.4, 0.5) is 0 Å². The van der Waals surface area contributed by atoms with E-state index in [1.807, 2.05) is 0 Å². The Kier molecular flexibility index (Phi) is 5.26. The molecule has 1 aliphatic carbocycles. The van der Waals surface area contributed by atoms with Crippen molar-refractivity contribution in [3.8, 4) is 0 Å². The predicted molar refractivity (Wildman–Crippen MR) is 65.5 cm³/mol. The van der Waals surface area contributed by atoms with Crippen molar-refractivity contribution in [1.29, 1.82) is 0 Å². The molecule has 1 rings (SSSR count). The maximum atomic E-state index is 10.8. The van der Waals surface area contributed by atoms with E-state index in [0.717, 1.165) is 12.3 Å². The van der Waals surface area contributed by atoms with Crippen LogP contribution >= 0.6 is 0 Å². The zero-order chi connectivity index (χ0) is 12.1. The Morgan fingerprint density at radius 1 is 1.50 bits per heavy atom. The molecule has 0 aromatic rings. The van der Waals surface area contributed by atoms with Crippen LogP contribution in [0.25, 0.3) is 0 Å². The van der Waals surface area contributed by atoms with Crippen LogP contribution in [0.2, 0.25) is 0 Å². The number of hydrogen-bond donors (Lipinski definition) is 1. The highest BCUT2D eigenvalue weighted by Crippen LogP contribution is 2.28. The fourth-order valence-corrected chi connectivity index (χ4v) is 2.85. The second-order valence-electron chi connectivity index (χ2n) is 5.25. The molecular formula is C13H25NO2. The van der Waals surface area contributed by atoms with Crippen molar-refractivity contribution >= 4 is 5.97 Å². The van der Waals surface area contributed by atoms with E-state index in [-0.39, 0.29) is 12.5 Å². The van der Waals surface area contributed by atoms with E-state index in [2.05, 4.69) is 25.8 Å². The molecule has 3 heteroatoms. The highest BCUT2D eigenvalue weighted by Gasteiger charge is 2.27. The van der Waals surface area contributed by atoms with Crippen LogP contribution in [0.3, 0.4) is 0 Å². The van der Waals surface area contributed by atoms with Crippen LogP contribution < -0.4 is 0 Å². The molecule has 16 heavy (non-hydrogen) atoms. The lowest BCUT2D eigenvalue weighted by molar-refractivity contribution is -0.138. The maximum Gasteiger partial charge on any atom is 0.304 e. The van der Waals surface area contributed by atoms with Crippen LogP contribution in [-0.2, 0) is 4.79 Å². The number of hydrogen-bond acceptors (Lipinski definition) is 2. The lowest BCUT2D eigenvalue weighted by atomic mass is 9.85. The summed E-state index contributed by atoms with van der Waals surface area (Å²) in [7, 11) is 2.10. The van der Waals surface area contributed by atoms with Crippen LogP contribution in [0, 0.1) is 5.92 Å². The van der Waals surface area contributed by atoms with Crippen LogP contribution in [-0.4, -0.2) is 35.1 Å². The topological polar surface area (TPSA) is 40.5 Å². The van der Waals surface area contributed by atoms with Gasteiger partial charge < -0.3 is 5.11 Å². The normalized spacial score (nSPS) is 28.0. The fraction of sp³-hybridized carbons (Fsp3) is 0.923. The number of rotatable bonds is 5. The largest absolute Gasteiger partial charge is 0.481 e. The Morgan fingerprint density at radius 2 is 2.19 bits per heavy atom. The minimum atomic E-state index is -0.678. The number of nitrogens with zero attached hydrogens (tertiary/aromatic N) is 1. The van der Waals surface area contributed by atoms with Gasteiger partial charge in [0.15, 0.2) is 0 Å². The average Bonchev–Trinajstić information content (AvgIpc) is 2.24. The summed E-state index contributed by atoms with van der Waals surface area (Å²) >= 11 is 0. The Bertz CT molecular complexity index is 230. The molecule has 0 heterocycles. The third kappa shape index (κ3) is 3.78. The summed E-state index contributed by atoms with van der Waals surface area (Å²) in [6, 6.07) is 0.792. The second kappa shape index (κ2) is 6.24. The van der Waals surface area contributed by atoms with Crippen molar-refractivity contribution in [2.24, 2.45) is 5.92 Å². The Hall–Kier alpha value is -0.570. The van der Waals surface area contributed by atoms with Gasteiger partial charge in [-0.3, -0.25) is 9.69 Å². The van der Waals surface area contributed by atoms with Gasteiger partial charge in [-0.05, 0) is 32.2 Å². The smallest absolute Gasteiger partial charge is 0.304 e. The molecule has 0 aliphatic heterocycles. The molecule has 0 amide bonds. The van der Waals surface area contributed by atoms with E-state index in [9.17, 15) is 4.79 Å². The van der Waals surface area contributed by atoms with Crippen molar-refractivity contribution in [2.45, 2.75) is 64.5 Å². The minimum absolute atomic E-state index is 0.202. The molecule has 1 N–H and O–H groups in total. The lowest BCUT2D eigenvalue weighted by Gasteiger charge is -2.38. The molecule has 0 bridgehead atoms. The zero-order valence-corrected chi connectivity index (χ0v) is 10.8. The monoisotopic (exact) mass is 227 g/mol. The molecule has 3 nitrogen and oxygen atoms in total. The fourth-order valence-electron chi connectivity index (χ4n) is 2.85. The molecule has 0 radical (unpaired) electrons. The molecule has 0 spiro atoms. The van der Waals surface area contributed by atoms with Gasteiger partial charge in [0.05, 0.1) is 6.42 Å². The van der Waals surface area contributed by atoms with E-state index < -0.39 is 5.97 Å². The molecule has 1 fully saturated rings. The highest BCUT2D eigenvalue weighted by atomic mass is 16.4. The summed E-state index contributed by atoms with van der Waals surface area (Å²) in [5.74, 6) is 0.117. The molecule has 1 saturated carbocycles. The maximum absolute atomic E-state index is 10.8. The molecule has 3 atom stereocenters. The number of carbonyl (C=O) groups is 1. The Morgan fingerprint density at radius 3 is 2.69 bits per heavy atom. The van der Waals surface area contributed by atoms with Crippen LogP contribution in [0.15, 0.2) is 0 Å². The SMILES string of the molecule is CCC(CC(=O)O)N(C)C1CCCC(C)C1. The number of aliphatic carboxylic acids is 1. The molecule has 0 aromatic heterocycles. The summed E-state index contributed by atoms with van der Waals surface area (Å²) in [5, 5.41) is 8.89. The molecule has 0 saturated heterocycles. The molecule has 1 aliphatic rings. The van der Waals surface area contributed by atoms with Crippen LogP contribution in [0.5, 0.6) is 0 Å². The Balaban J connectivity index is 2.52. The van der Waals surface area contributed by atoms with Crippen molar-refractivity contribution in [2.75, 3.05) is 7.05 Å². The van der Waals surface area contributed by atoms with Gasteiger partial charge in [-0.25, -0.2) is 0 Å². The van der Waals surface area contributed by atoms with E-state index in [0.29, 0.717) is 6.04 Å². The minimum Gasteiger partial charge on any atom is -0.481 e. The van der Waals surface area contributed by atoms with Crippen molar-refractivity contribution < 1.29 is 9.90 Å². The molecule has 3 unspecified atom stereocenters. The van der Waals surface area contributed by atoms with E-state index >= 15 is 0 Å². The lowest BCUT2D eigenvalue weighted by Crippen LogP contribution is -2.43. The van der Waals surface area contributed by atoms with Crippen molar-refractivity contribution in [3.05, 3.63) is 0 Å². The third-order valence-corrected chi connectivity index (χ3v) is 3.94. The standard InChI is InChI=1S/C13H25NO2/c1-4-11(9-13(15)16)14(3)12-7-5-6-10(2)8-12/h10-12H,4-9H2,1-3H3,(H,15,16). The van der Waals surface area contributed by atoms with E-state index in [1.165, 1.54) is 25.7 Å². The van der Waals surface area contributed by atoms with E-state index in [1.54, 1.807) is 0 Å². The van der Waals surface area contributed by atoms with Gasteiger partial charge in [-0.15, -0.1) is 0 Å². The first kappa shape index (κ1) is 13.5. The van der Waals surface area contributed by atoms with Gasteiger partial charge in [0.2, 0.25) is 0 Å². The summed E-state index contributed by atoms with van der Waals surface area (Å²) in [5.41, 5.74) is 0. The quantitative estimate of drug-likeness (QED) is 0.785. The van der Waals surface area contributed by atoms with Gasteiger partial charge in [-0.1, -0.05) is 26.7 Å². The first-order valence-electron chi connectivity index (χ1n) is 6.48. The van der Waals surface area contributed by atoms with Gasteiger partial charge in [0, 0.05) is 12.1 Å². The molecule has 0 aromatic carbocycles. The summed E-state index contributed by atoms with van der Waals surface area (Å²) in [6.07, 6.45) is 6.29. The van der Waals surface area contributed by atoms with E-state index in [4.69, 9.17) is 5.11 Å². The van der Waals surface area contributed by atoms with Crippen LogP contribution in [0.1, 0.15) is 52.4 Å². The van der Waals surface area contributed by atoms with Gasteiger partial charge >= 0.3 is 5.97 Å². The first-order chi connectivity index (χ1) is 7.54. The summed E-state index contributed by atoms with van der Waals surface area (Å²) in [4.78, 5) is 13.1. The number of carboxylic acids is 1. The summed E-state index contributed by atoms with van der Waals surface area (Å²) < 4.78 is 0. The van der Waals surface area contributed by atoms with Gasteiger partial charge in [0.1, 0.15) is 0 Å². The van der Waals surface area contributed by atoms with Crippen molar-refractivity contribution in [1.82, 2.24) is 4.90 Å². The molecular weight excluding hydrogens is 202 g/mol. The third-order valence-electron chi connectivity index (χ3n) is 3.94. The van der Waals surface area contributed by atoms with Gasteiger partial charge in [-0.2, -0.15) is 0 Å². The Labute approximate surface area is 98.8 Å².